The minimum atomic E-state index is -4.82. The van der Waals surface area contributed by atoms with Crippen LogP contribution in [0.5, 0.6) is 0 Å². The van der Waals surface area contributed by atoms with Gasteiger partial charge in [0.25, 0.3) is 0 Å². The number of nitrogens with zero attached hydrogens (tertiary/aromatic N) is 5. The summed E-state index contributed by atoms with van der Waals surface area (Å²) in [5, 5.41) is 23.7. The zero-order chi connectivity index (χ0) is 25.9. The number of anilines is 1. The predicted octanol–water partition coefficient (Wildman–Crippen LogP) is 5.37. The lowest BCUT2D eigenvalue weighted by atomic mass is 9.98. The van der Waals surface area contributed by atoms with Crippen molar-refractivity contribution in [2.45, 2.75) is 33.0 Å². The second-order valence-electron chi connectivity index (χ2n) is 8.23. The van der Waals surface area contributed by atoms with E-state index in [1.54, 1.807) is 4.90 Å². The Balaban J connectivity index is 1.69. The average Bonchev–Trinajstić information content (AvgIpc) is 3.38. The van der Waals surface area contributed by atoms with Crippen molar-refractivity contribution in [3.63, 3.8) is 0 Å². The van der Waals surface area contributed by atoms with Crippen LogP contribution in [0.15, 0.2) is 54.6 Å². The number of hydrogen-bond acceptors (Lipinski definition) is 6. The summed E-state index contributed by atoms with van der Waals surface area (Å²) in [5.41, 5.74) is 1.46. The highest BCUT2D eigenvalue weighted by Gasteiger charge is 2.38. The fourth-order valence-electron chi connectivity index (χ4n) is 4.07. The van der Waals surface area contributed by atoms with Gasteiger partial charge in [-0.15, -0.1) is 5.10 Å². The van der Waals surface area contributed by atoms with Crippen LogP contribution >= 0.6 is 0 Å². The van der Waals surface area contributed by atoms with Gasteiger partial charge in [-0.25, -0.2) is 14.9 Å². The zero-order valence-electron chi connectivity index (χ0n) is 19.5. The maximum absolute atomic E-state index is 13.7. The van der Waals surface area contributed by atoms with E-state index in [9.17, 15) is 23.1 Å². The number of carboxylic acid groups (broad SMARTS) is 1. The van der Waals surface area contributed by atoms with Crippen molar-refractivity contribution in [3.8, 4) is 22.5 Å². The van der Waals surface area contributed by atoms with Crippen LogP contribution in [0, 0.1) is 6.92 Å². The largest absolute Gasteiger partial charge is 0.478 e. The van der Waals surface area contributed by atoms with Gasteiger partial charge in [0.1, 0.15) is 11.4 Å². The molecule has 0 aliphatic heterocycles. The van der Waals surface area contributed by atoms with Crippen LogP contribution < -0.4 is 4.90 Å². The Morgan fingerprint density at radius 3 is 2.36 bits per heavy atom. The maximum atomic E-state index is 13.7. The van der Waals surface area contributed by atoms with E-state index in [2.05, 4.69) is 25.6 Å². The Kier molecular flexibility index (Phi) is 7.00. The molecule has 4 aromatic rings. The number of benzene rings is 2. The summed E-state index contributed by atoms with van der Waals surface area (Å²) in [6.45, 7) is 3.81. The number of aromatic nitrogens is 5. The number of carboxylic acids is 1. The van der Waals surface area contributed by atoms with Crippen molar-refractivity contribution in [2.75, 3.05) is 11.4 Å². The number of aryl methyl sites for hydroxylation is 1. The number of H-pyrrole nitrogens is 1. The van der Waals surface area contributed by atoms with Gasteiger partial charge in [0, 0.05) is 24.3 Å². The van der Waals surface area contributed by atoms with E-state index in [0.717, 1.165) is 28.3 Å². The maximum Gasteiger partial charge on any atom is 0.417 e. The topological polar surface area (TPSA) is 108 Å². The molecule has 2 aromatic carbocycles. The third-order valence-corrected chi connectivity index (χ3v) is 5.61. The van der Waals surface area contributed by atoms with Gasteiger partial charge in [0.2, 0.25) is 0 Å². The minimum Gasteiger partial charge on any atom is -0.478 e. The average molecular weight is 496 g/mol. The molecule has 0 amide bonds. The molecule has 8 nitrogen and oxygen atoms in total. The second-order valence-corrected chi connectivity index (χ2v) is 8.23. The molecule has 4 rings (SSSR count). The van der Waals surface area contributed by atoms with Gasteiger partial charge in [-0.1, -0.05) is 55.5 Å². The molecule has 0 aliphatic rings. The van der Waals surface area contributed by atoms with Crippen molar-refractivity contribution < 1.29 is 23.1 Å². The van der Waals surface area contributed by atoms with E-state index >= 15 is 0 Å². The summed E-state index contributed by atoms with van der Waals surface area (Å²) in [4.78, 5) is 17.7. The summed E-state index contributed by atoms with van der Waals surface area (Å²) in [7, 11) is 0. The highest BCUT2D eigenvalue weighted by molar-refractivity contribution is 5.95. The Labute approximate surface area is 204 Å². The molecule has 0 atom stereocenters. The summed E-state index contributed by atoms with van der Waals surface area (Å²) in [6, 6.07) is 15.9. The van der Waals surface area contributed by atoms with Crippen LogP contribution in [0.1, 0.15) is 40.5 Å². The Morgan fingerprint density at radius 1 is 1.08 bits per heavy atom. The predicted molar refractivity (Wildman–Crippen MR) is 127 cm³/mol. The van der Waals surface area contributed by atoms with Crippen LogP contribution in [0.4, 0.5) is 19.0 Å². The lowest BCUT2D eigenvalue weighted by Gasteiger charge is -2.27. The molecular formula is C25H23F3N6O2. The van der Waals surface area contributed by atoms with E-state index in [4.69, 9.17) is 0 Å². The molecule has 0 bridgehead atoms. The third-order valence-electron chi connectivity index (χ3n) is 5.61. The number of aromatic amines is 1. The van der Waals surface area contributed by atoms with Gasteiger partial charge in [-0.3, -0.25) is 0 Å². The van der Waals surface area contributed by atoms with Gasteiger partial charge in [-0.2, -0.15) is 13.2 Å². The Bertz CT molecular complexity index is 1360. The number of halogens is 3. The zero-order valence-corrected chi connectivity index (χ0v) is 19.5. The normalized spacial score (nSPS) is 11.5. The molecule has 0 radical (unpaired) electrons. The first-order valence-corrected chi connectivity index (χ1v) is 11.2. The van der Waals surface area contributed by atoms with Crippen molar-refractivity contribution in [1.82, 2.24) is 25.6 Å². The first-order valence-electron chi connectivity index (χ1n) is 11.2. The minimum absolute atomic E-state index is 0.0947. The Hall–Kier alpha value is -4.28. The van der Waals surface area contributed by atoms with Crippen molar-refractivity contribution in [2.24, 2.45) is 0 Å². The first-order chi connectivity index (χ1) is 17.2. The molecule has 36 heavy (non-hydrogen) atoms. The van der Waals surface area contributed by atoms with Crippen LogP contribution in [-0.4, -0.2) is 43.2 Å². The number of tetrazole rings is 1. The standard InChI is InChI=1S/C25H23F3N6O2/c1-3-12-34(23-21(24(35)36)20(25(26,27)28)13-15(2)29-23)14-16-8-10-17(11-9-16)18-6-4-5-7-19(18)22-30-32-33-31-22/h4-11,13H,3,12,14H2,1-2H3,(H,35,36)(H,30,31,32,33). The van der Waals surface area contributed by atoms with Gasteiger partial charge >= 0.3 is 12.1 Å². The van der Waals surface area contributed by atoms with E-state index in [0.29, 0.717) is 18.8 Å². The highest BCUT2D eigenvalue weighted by atomic mass is 19.4. The van der Waals surface area contributed by atoms with Crippen LogP contribution in [0.3, 0.4) is 0 Å². The highest BCUT2D eigenvalue weighted by Crippen LogP contribution is 2.37. The summed E-state index contributed by atoms with van der Waals surface area (Å²) in [5.74, 6) is -1.33. The molecule has 0 spiro atoms. The molecule has 0 aliphatic carbocycles. The smallest absolute Gasteiger partial charge is 0.417 e. The van der Waals surface area contributed by atoms with E-state index in [1.165, 1.54) is 6.92 Å². The summed E-state index contributed by atoms with van der Waals surface area (Å²) in [6.07, 6.45) is -4.23. The number of carbonyl (C=O) groups is 1. The van der Waals surface area contributed by atoms with Crippen molar-refractivity contribution in [3.05, 3.63) is 77.0 Å². The second kappa shape index (κ2) is 10.1. The lowest BCUT2D eigenvalue weighted by molar-refractivity contribution is -0.138. The van der Waals surface area contributed by atoms with E-state index in [-0.39, 0.29) is 18.1 Å². The number of hydrogen-bond donors (Lipinski definition) is 2. The molecule has 0 fully saturated rings. The third kappa shape index (κ3) is 5.19. The molecule has 0 saturated carbocycles. The monoisotopic (exact) mass is 496 g/mol. The van der Waals surface area contributed by atoms with Crippen molar-refractivity contribution in [1.29, 1.82) is 0 Å². The molecule has 2 heterocycles. The molecule has 186 valence electrons. The summed E-state index contributed by atoms with van der Waals surface area (Å²) >= 11 is 0. The molecule has 0 saturated heterocycles. The van der Waals surface area contributed by atoms with Crippen LogP contribution in [0.2, 0.25) is 0 Å². The van der Waals surface area contributed by atoms with E-state index in [1.807, 2.05) is 55.5 Å². The fraction of sp³-hybridized carbons (Fsp3) is 0.240. The van der Waals surface area contributed by atoms with Gasteiger partial charge in [0.15, 0.2) is 5.82 Å². The van der Waals surface area contributed by atoms with Crippen LogP contribution in [-0.2, 0) is 12.7 Å². The molecule has 2 N–H and O–H groups in total. The molecule has 11 heteroatoms. The van der Waals surface area contributed by atoms with Crippen molar-refractivity contribution >= 4 is 11.8 Å². The molecule has 2 aromatic heterocycles. The lowest BCUT2D eigenvalue weighted by Crippen LogP contribution is -2.28. The SMILES string of the molecule is CCCN(Cc1ccc(-c2ccccc2-c2nnn[nH]2)cc1)c1nc(C)cc(C(F)(F)F)c1C(=O)O. The Morgan fingerprint density at radius 2 is 1.78 bits per heavy atom. The number of pyridine rings is 1. The number of nitrogens with one attached hydrogen (secondary N) is 1. The molecular weight excluding hydrogens is 473 g/mol. The fourth-order valence-corrected chi connectivity index (χ4v) is 4.07. The first kappa shape index (κ1) is 24.8. The number of rotatable bonds is 8. The summed E-state index contributed by atoms with van der Waals surface area (Å²) < 4.78 is 41.0. The quantitative estimate of drug-likeness (QED) is 0.338. The number of aromatic carboxylic acids is 1. The van der Waals surface area contributed by atoms with Gasteiger partial charge < -0.3 is 10.0 Å². The molecule has 0 unspecified atom stereocenters. The van der Waals surface area contributed by atoms with Crippen LogP contribution in [0.25, 0.3) is 22.5 Å². The van der Waals surface area contributed by atoms with E-state index < -0.39 is 23.3 Å². The number of alkyl halides is 3. The van der Waals surface area contributed by atoms with Gasteiger partial charge in [0.05, 0.1) is 5.56 Å². The van der Waals surface area contributed by atoms with Gasteiger partial charge in [-0.05, 0) is 46.5 Å².